The van der Waals surface area contributed by atoms with Crippen LogP contribution in [0, 0.1) is 0 Å². The second-order valence-corrected chi connectivity index (χ2v) is 9.25. The number of nitrogens with zero attached hydrogens (tertiary/aromatic N) is 1. The molecule has 0 aliphatic heterocycles. The van der Waals surface area contributed by atoms with E-state index in [9.17, 15) is 5.11 Å². The lowest BCUT2D eigenvalue weighted by Crippen LogP contribution is -2.08. The van der Waals surface area contributed by atoms with Crippen molar-refractivity contribution in [2.45, 2.75) is 41.7 Å². The Labute approximate surface area is 174 Å². The van der Waals surface area contributed by atoms with Crippen molar-refractivity contribution in [2.75, 3.05) is 0 Å². The molecule has 1 atom stereocenters. The van der Waals surface area contributed by atoms with Gasteiger partial charge >= 0.3 is 0 Å². The largest absolute Gasteiger partial charge is 0.513 e. The van der Waals surface area contributed by atoms with E-state index in [2.05, 4.69) is 18.7 Å². The van der Waals surface area contributed by atoms with E-state index in [0.717, 1.165) is 40.9 Å². The predicted molar refractivity (Wildman–Crippen MR) is 117 cm³/mol. The Hall–Kier alpha value is -2.24. The van der Waals surface area contributed by atoms with Gasteiger partial charge in [-0.3, -0.25) is 0 Å². The number of hydrogen-bond donors (Lipinski definition) is 1. The summed E-state index contributed by atoms with van der Waals surface area (Å²) in [7, 11) is 0. The number of ether oxygens (including phenoxy) is 1. The zero-order valence-corrected chi connectivity index (χ0v) is 17.3. The second-order valence-electron chi connectivity index (χ2n) is 7.00. The highest BCUT2D eigenvalue weighted by molar-refractivity contribution is 8.00. The van der Waals surface area contributed by atoms with Crippen molar-refractivity contribution in [3.8, 4) is 11.5 Å². The van der Waals surface area contributed by atoms with Crippen molar-refractivity contribution < 1.29 is 9.84 Å². The van der Waals surface area contributed by atoms with Gasteiger partial charge in [-0.05, 0) is 49.1 Å². The molecule has 3 aromatic rings. The summed E-state index contributed by atoms with van der Waals surface area (Å²) < 4.78 is 7.04. The van der Waals surface area contributed by atoms with Crippen LogP contribution in [0.25, 0.3) is 0 Å². The number of benzene rings is 2. The third-order valence-electron chi connectivity index (χ3n) is 4.77. The zero-order valence-electron chi connectivity index (χ0n) is 15.6. The Morgan fingerprint density at radius 2 is 2.00 bits per heavy atom. The van der Waals surface area contributed by atoms with Crippen LogP contribution in [0.15, 0.2) is 71.3 Å². The molecule has 4 rings (SSSR count). The van der Waals surface area contributed by atoms with Crippen molar-refractivity contribution in [2.24, 2.45) is 0 Å². The number of aryl methyl sites for hydroxylation is 1. The number of thioether (sulfide) groups is 1. The smallest absolute Gasteiger partial charge is 0.150 e. The molecule has 5 heteroatoms. The summed E-state index contributed by atoms with van der Waals surface area (Å²) in [5, 5.41) is 9.59. The van der Waals surface area contributed by atoms with Crippen LogP contribution in [-0.2, 0) is 12.2 Å². The average molecular weight is 410 g/mol. The highest BCUT2D eigenvalue weighted by Gasteiger charge is 2.25. The number of thiazole rings is 1. The minimum atomic E-state index is 0.274. The lowest BCUT2D eigenvalue weighted by molar-refractivity contribution is 0.367. The first kappa shape index (κ1) is 19.1. The molecule has 0 saturated carbocycles. The Morgan fingerprint density at radius 3 is 2.82 bits per heavy atom. The third-order valence-corrected chi connectivity index (χ3v) is 7.24. The van der Waals surface area contributed by atoms with Gasteiger partial charge in [0.25, 0.3) is 0 Å². The van der Waals surface area contributed by atoms with E-state index in [4.69, 9.17) is 9.72 Å². The lowest BCUT2D eigenvalue weighted by atomic mass is 9.89. The normalized spacial score (nSPS) is 15.8. The number of fused-ring (bicyclic) bond motifs is 1. The van der Waals surface area contributed by atoms with Crippen molar-refractivity contribution in [3.63, 3.8) is 0 Å². The van der Waals surface area contributed by atoms with E-state index in [1.807, 2.05) is 42.5 Å². The molecule has 0 amide bonds. The summed E-state index contributed by atoms with van der Waals surface area (Å²) in [6.45, 7) is 3.67. The van der Waals surface area contributed by atoms with Crippen LogP contribution in [0.5, 0.6) is 11.5 Å². The molecule has 28 heavy (non-hydrogen) atoms. The summed E-state index contributed by atoms with van der Waals surface area (Å²) in [4.78, 5) is 6.19. The molecule has 0 radical (unpaired) electrons. The maximum Gasteiger partial charge on any atom is 0.150 e. The number of hydrogen-bond acceptors (Lipinski definition) is 5. The van der Waals surface area contributed by atoms with E-state index in [-0.39, 0.29) is 5.76 Å². The molecular weight excluding hydrogens is 386 g/mol. The number of para-hydroxylation sites is 1. The Bertz CT molecular complexity index is 952. The fourth-order valence-electron chi connectivity index (χ4n) is 3.50. The van der Waals surface area contributed by atoms with Crippen molar-refractivity contribution >= 4 is 23.1 Å². The highest BCUT2D eigenvalue weighted by Crippen LogP contribution is 2.42. The van der Waals surface area contributed by atoms with Gasteiger partial charge in [-0.2, -0.15) is 0 Å². The van der Waals surface area contributed by atoms with Crippen molar-refractivity contribution in [3.05, 3.63) is 83.1 Å². The third kappa shape index (κ3) is 4.78. The molecule has 1 N–H and O–H groups in total. The first-order valence-electron chi connectivity index (χ1n) is 9.48. The van der Waals surface area contributed by atoms with E-state index in [1.54, 1.807) is 23.1 Å². The molecule has 144 valence electrons. The van der Waals surface area contributed by atoms with E-state index in [0.29, 0.717) is 12.3 Å². The molecule has 0 spiro atoms. The number of aliphatic hydroxyl groups is 1. The van der Waals surface area contributed by atoms with Crippen LogP contribution in [0.1, 0.15) is 41.3 Å². The van der Waals surface area contributed by atoms with E-state index in [1.165, 1.54) is 16.1 Å². The predicted octanol–water partition coefficient (Wildman–Crippen LogP) is 7.11. The molecule has 1 aliphatic carbocycles. The fourth-order valence-corrected chi connectivity index (χ4v) is 5.80. The molecule has 1 aliphatic rings. The Morgan fingerprint density at radius 1 is 1.18 bits per heavy atom. The average Bonchev–Trinajstić information content (AvgIpc) is 3.11. The SMILES string of the molecule is C=C(O)CC1CCCc2nc(SCc3cccc(Oc4ccccc4)c3)sc21. The quantitative estimate of drug-likeness (QED) is 0.333. The Kier molecular flexibility index (Phi) is 6.03. The van der Waals surface area contributed by atoms with Gasteiger partial charge < -0.3 is 9.84 Å². The number of allylic oxidation sites excluding steroid dienone is 1. The maximum atomic E-state index is 9.59. The summed E-state index contributed by atoms with van der Waals surface area (Å²) in [6, 6.07) is 18.1. The van der Waals surface area contributed by atoms with Gasteiger partial charge in [0.05, 0.1) is 11.5 Å². The van der Waals surface area contributed by atoms with Crippen LogP contribution in [0.3, 0.4) is 0 Å². The fraction of sp³-hybridized carbons (Fsp3) is 0.261. The summed E-state index contributed by atoms with van der Waals surface area (Å²) >= 11 is 3.55. The number of rotatable bonds is 7. The Balaban J connectivity index is 1.42. The minimum absolute atomic E-state index is 0.274. The first-order chi connectivity index (χ1) is 13.7. The topological polar surface area (TPSA) is 42.4 Å². The van der Waals surface area contributed by atoms with Gasteiger partial charge in [0, 0.05) is 23.0 Å². The van der Waals surface area contributed by atoms with Crippen LogP contribution >= 0.6 is 23.1 Å². The summed E-state index contributed by atoms with van der Waals surface area (Å²) in [5.74, 6) is 3.20. The molecule has 1 aromatic heterocycles. The molecule has 0 fully saturated rings. The van der Waals surface area contributed by atoms with Gasteiger partial charge in [0.1, 0.15) is 11.5 Å². The van der Waals surface area contributed by atoms with Crippen molar-refractivity contribution in [1.29, 1.82) is 0 Å². The first-order valence-corrected chi connectivity index (χ1v) is 11.3. The van der Waals surface area contributed by atoms with E-state index < -0.39 is 0 Å². The van der Waals surface area contributed by atoms with Gasteiger partial charge in [0.15, 0.2) is 4.34 Å². The molecule has 0 bridgehead atoms. The summed E-state index contributed by atoms with van der Waals surface area (Å²) in [5.41, 5.74) is 2.43. The maximum absolute atomic E-state index is 9.59. The summed E-state index contributed by atoms with van der Waals surface area (Å²) in [6.07, 6.45) is 3.94. The van der Waals surface area contributed by atoms with E-state index >= 15 is 0 Å². The van der Waals surface area contributed by atoms with Gasteiger partial charge in [0.2, 0.25) is 0 Å². The highest BCUT2D eigenvalue weighted by atomic mass is 32.2. The standard InChI is InChI=1S/C23H23NO2S2/c1-16(25)13-18-8-6-12-21-22(18)28-23(24-21)27-15-17-7-5-11-20(14-17)26-19-9-3-2-4-10-19/h2-5,7,9-11,14,18,25H,1,6,8,12-13,15H2. The zero-order chi connectivity index (χ0) is 19.3. The van der Waals surface area contributed by atoms with Crippen LogP contribution in [-0.4, -0.2) is 10.1 Å². The number of aliphatic hydroxyl groups excluding tert-OH is 1. The van der Waals surface area contributed by atoms with Crippen LogP contribution in [0.2, 0.25) is 0 Å². The van der Waals surface area contributed by atoms with Crippen molar-refractivity contribution in [1.82, 2.24) is 4.98 Å². The monoisotopic (exact) mass is 409 g/mol. The molecule has 0 saturated heterocycles. The molecule has 1 heterocycles. The molecule has 1 unspecified atom stereocenters. The number of aromatic nitrogens is 1. The second kappa shape index (κ2) is 8.84. The van der Waals surface area contributed by atoms with Gasteiger partial charge in [-0.1, -0.05) is 48.7 Å². The molecular formula is C23H23NO2S2. The van der Waals surface area contributed by atoms with Gasteiger partial charge in [-0.15, -0.1) is 11.3 Å². The lowest BCUT2D eigenvalue weighted by Gasteiger charge is -2.20. The van der Waals surface area contributed by atoms with Crippen LogP contribution < -0.4 is 4.74 Å². The molecule has 2 aromatic carbocycles. The molecule has 3 nitrogen and oxygen atoms in total. The van der Waals surface area contributed by atoms with Crippen LogP contribution in [0.4, 0.5) is 0 Å². The van der Waals surface area contributed by atoms with Gasteiger partial charge in [-0.25, -0.2) is 4.98 Å². The minimum Gasteiger partial charge on any atom is -0.513 e.